The Morgan fingerprint density at radius 1 is 1.50 bits per heavy atom. The van der Waals surface area contributed by atoms with Crippen molar-refractivity contribution in [1.29, 1.82) is 0 Å². The monoisotopic (exact) mass is 214 g/mol. The molecule has 1 aromatic carbocycles. The predicted octanol–water partition coefficient (Wildman–Crippen LogP) is 2.80. The lowest BCUT2D eigenvalue weighted by molar-refractivity contribution is 0.309. The molecule has 0 spiro atoms. The minimum Gasteiger partial charge on any atom is -0.494 e. The summed E-state index contributed by atoms with van der Waals surface area (Å²) in [4.78, 5) is 0. The van der Waals surface area contributed by atoms with Crippen molar-refractivity contribution >= 4 is 17.3 Å². The van der Waals surface area contributed by atoms with E-state index < -0.39 is 0 Å². The van der Waals surface area contributed by atoms with Gasteiger partial charge in [0, 0.05) is 6.07 Å². The maximum absolute atomic E-state index is 5.86. The summed E-state index contributed by atoms with van der Waals surface area (Å²) < 4.78 is 5.49. The Kier molecular flexibility index (Phi) is 4.56. The number of hydrazine groups is 1. The van der Waals surface area contributed by atoms with Crippen molar-refractivity contribution in [3.05, 3.63) is 23.2 Å². The zero-order chi connectivity index (χ0) is 10.4. The van der Waals surface area contributed by atoms with Crippen LogP contribution in [0, 0.1) is 0 Å². The molecule has 0 fully saturated rings. The van der Waals surface area contributed by atoms with Crippen LogP contribution in [0.3, 0.4) is 0 Å². The highest BCUT2D eigenvalue weighted by Crippen LogP contribution is 2.25. The van der Waals surface area contributed by atoms with Gasteiger partial charge in [-0.15, -0.1) is 0 Å². The van der Waals surface area contributed by atoms with Gasteiger partial charge in [-0.25, -0.2) is 0 Å². The SMILES string of the molecule is CCCCOc1ccc(Cl)c(NN)c1. The van der Waals surface area contributed by atoms with Crippen molar-refractivity contribution < 1.29 is 4.74 Å². The molecule has 0 aliphatic rings. The Labute approximate surface area is 89.2 Å². The number of halogens is 1. The summed E-state index contributed by atoms with van der Waals surface area (Å²) in [6.07, 6.45) is 2.17. The van der Waals surface area contributed by atoms with E-state index in [1.807, 2.05) is 6.07 Å². The van der Waals surface area contributed by atoms with Crippen LogP contribution in [0.15, 0.2) is 18.2 Å². The first-order valence-corrected chi connectivity index (χ1v) is 5.04. The van der Waals surface area contributed by atoms with Gasteiger partial charge < -0.3 is 10.2 Å². The molecule has 0 aliphatic heterocycles. The van der Waals surface area contributed by atoms with E-state index in [4.69, 9.17) is 22.2 Å². The number of nitrogens with two attached hydrogens (primary N) is 1. The Hall–Kier alpha value is -0.930. The molecule has 1 aromatic rings. The number of unbranched alkanes of at least 4 members (excludes halogenated alkanes) is 1. The standard InChI is InChI=1S/C10H15ClN2O/c1-2-3-6-14-8-4-5-9(11)10(7-8)13-12/h4-5,7,13H,2-3,6,12H2,1H3. The molecule has 0 amide bonds. The molecule has 0 saturated heterocycles. The molecule has 0 atom stereocenters. The second kappa shape index (κ2) is 5.73. The predicted molar refractivity (Wildman–Crippen MR) is 59.7 cm³/mol. The highest BCUT2D eigenvalue weighted by molar-refractivity contribution is 6.33. The molecule has 14 heavy (non-hydrogen) atoms. The van der Waals surface area contributed by atoms with Crippen LogP contribution in [0.4, 0.5) is 5.69 Å². The number of hydrogen-bond donors (Lipinski definition) is 2. The van der Waals surface area contributed by atoms with Crippen LogP contribution in [0.1, 0.15) is 19.8 Å². The van der Waals surface area contributed by atoms with Crippen molar-refractivity contribution in [3.63, 3.8) is 0 Å². The average molecular weight is 215 g/mol. The average Bonchev–Trinajstić information content (AvgIpc) is 2.21. The normalized spacial score (nSPS) is 9.93. The third-order valence-electron chi connectivity index (χ3n) is 1.86. The van der Waals surface area contributed by atoms with E-state index in [0.717, 1.165) is 25.2 Å². The summed E-state index contributed by atoms with van der Waals surface area (Å²) in [6, 6.07) is 5.38. The van der Waals surface area contributed by atoms with Crippen LogP contribution in [-0.4, -0.2) is 6.61 Å². The molecule has 0 radical (unpaired) electrons. The van der Waals surface area contributed by atoms with Crippen molar-refractivity contribution in [2.75, 3.05) is 12.0 Å². The molecule has 0 unspecified atom stereocenters. The molecule has 0 aromatic heterocycles. The van der Waals surface area contributed by atoms with Crippen LogP contribution >= 0.6 is 11.6 Å². The lowest BCUT2D eigenvalue weighted by atomic mass is 10.3. The number of rotatable bonds is 5. The lowest BCUT2D eigenvalue weighted by Gasteiger charge is -2.08. The Morgan fingerprint density at radius 2 is 2.29 bits per heavy atom. The van der Waals surface area contributed by atoms with Gasteiger partial charge in [-0.1, -0.05) is 24.9 Å². The fraction of sp³-hybridized carbons (Fsp3) is 0.400. The van der Waals surface area contributed by atoms with E-state index in [1.165, 1.54) is 0 Å². The van der Waals surface area contributed by atoms with Gasteiger partial charge in [0.15, 0.2) is 0 Å². The largest absolute Gasteiger partial charge is 0.494 e. The number of benzene rings is 1. The first-order valence-electron chi connectivity index (χ1n) is 4.67. The maximum Gasteiger partial charge on any atom is 0.121 e. The van der Waals surface area contributed by atoms with Crippen LogP contribution in [-0.2, 0) is 0 Å². The van der Waals surface area contributed by atoms with Crippen LogP contribution < -0.4 is 16.0 Å². The zero-order valence-corrected chi connectivity index (χ0v) is 8.97. The summed E-state index contributed by atoms with van der Waals surface area (Å²) in [5.74, 6) is 6.07. The number of hydrogen-bond acceptors (Lipinski definition) is 3. The molecule has 0 heterocycles. The fourth-order valence-electron chi connectivity index (χ4n) is 1.04. The lowest BCUT2D eigenvalue weighted by Crippen LogP contribution is -2.07. The molecule has 0 bridgehead atoms. The number of nitrogens with one attached hydrogen (secondary N) is 1. The van der Waals surface area contributed by atoms with Crippen molar-refractivity contribution in [2.24, 2.45) is 5.84 Å². The summed E-state index contributed by atoms with van der Waals surface area (Å²) in [5.41, 5.74) is 3.20. The van der Waals surface area contributed by atoms with Gasteiger partial charge in [-0.3, -0.25) is 5.84 Å². The van der Waals surface area contributed by atoms with Crippen molar-refractivity contribution in [1.82, 2.24) is 0 Å². The highest BCUT2D eigenvalue weighted by Gasteiger charge is 2.00. The number of ether oxygens (including phenoxy) is 1. The third kappa shape index (κ3) is 3.09. The number of nitrogen functional groups attached to an aromatic ring is 1. The smallest absolute Gasteiger partial charge is 0.121 e. The zero-order valence-electron chi connectivity index (χ0n) is 8.22. The first kappa shape index (κ1) is 11.1. The van der Waals surface area contributed by atoms with E-state index in [9.17, 15) is 0 Å². The Morgan fingerprint density at radius 3 is 2.93 bits per heavy atom. The van der Waals surface area contributed by atoms with E-state index in [1.54, 1.807) is 12.1 Å². The minimum absolute atomic E-state index is 0.593. The Bertz CT molecular complexity index is 291. The fourth-order valence-corrected chi connectivity index (χ4v) is 1.21. The van der Waals surface area contributed by atoms with E-state index in [-0.39, 0.29) is 0 Å². The van der Waals surface area contributed by atoms with E-state index in [2.05, 4.69) is 12.3 Å². The van der Waals surface area contributed by atoms with Gasteiger partial charge >= 0.3 is 0 Å². The maximum atomic E-state index is 5.86. The van der Waals surface area contributed by atoms with Crippen molar-refractivity contribution in [2.45, 2.75) is 19.8 Å². The van der Waals surface area contributed by atoms with Crippen LogP contribution in [0.25, 0.3) is 0 Å². The molecule has 0 aliphatic carbocycles. The summed E-state index contributed by atoms with van der Waals surface area (Å²) in [6.45, 7) is 2.85. The van der Waals surface area contributed by atoms with Gasteiger partial charge in [-0.05, 0) is 18.6 Å². The second-order valence-electron chi connectivity index (χ2n) is 2.99. The summed E-state index contributed by atoms with van der Waals surface area (Å²) >= 11 is 5.86. The van der Waals surface area contributed by atoms with Gasteiger partial charge in [0.1, 0.15) is 5.75 Å². The minimum atomic E-state index is 0.593. The number of anilines is 1. The van der Waals surface area contributed by atoms with Gasteiger partial charge in [0.2, 0.25) is 0 Å². The topological polar surface area (TPSA) is 47.3 Å². The molecule has 3 N–H and O–H groups in total. The van der Waals surface area contributed by atoms with Gasteiger partial charge in [-0.2, -0.15) is 0 Å². The van der Waals surface area contributed by atoms with Gasteiger partial charge in [0.05, 0.1) is 17.3 Å². The molecular weight excluding hydrogens is 200 g/mol. The molecule has 3 nitrogen and oxygen atoms in total. The molecule has 4 heteroatoms. The summed E-state index contributed by atoms with van der Waals surface area (Å²) in [5, 5.41) is 0.593. The van der Waals surface area contributed by atoms with Crippen molar-refractivity contribution in [3.8, 4) is 5.75 Å². The Balaban J connectivity index is 2.60. The molecule has 78 valence electrons. The molecule has 1 rings (SSSR count). The van der Waals surface area contributed by atoms with E-state index in [0.29, 0.717) is 10.7 Å². The summed E-state index contributed by atoms with van der Waals surface area (Å²) in [7, 11) is 0. The third-order valence-corrected chi connectivity index (χ3v) is 2.19. The highest BCUT2D eigenvalue weighted by atomic mass is 35.5. The second-order valence-corrected chi connectivity index (χ2v) is 3.40. The first-order chi connectivity index (χ1) is 6.77. The van der Waals surface area contributed by atoms with Crippen LogP contribution in [0.2, 0.25) is 5.02 Å². The molecular formula is C10H15ClN2O. The van der Waals surface area contributed by atoms with Gasteiger partial charge in [0.25, 0.3) is 0 Å². The van der Waals surface area contributed by atoms with Crippen LogP contribution in [0.5, 0.6) is 5.75 Å². The quantitative estimate of drug-likeness (QED) is 0.450. The van der Waals surface area contributed by atoms with E-state index >= 15 is 0 Å². The molecule has 0 saturated carbocycles.